The molecule has 3 unspecified atom stereocenters. The molecule has 18 heavy (non-hydrogen) atoms. The second-order valence-electron chi connectivity index (χ2n) is 6.02. The highest BCUT2D eigenvalue weighted by Crippen LogP contribution is 2.24. The summed E-state index contributed by atoms with van der Waals surface area (Å²) in [5.41, 5.74) is 0. The van der Waals surface area contributed by atoms with Crippen LogP contribution in [0, 0.1) is 0 Å². The van der Waals surface area contributed by atoms with E-state index in [4.69, 9.17) is 9.47 Å². The van der Waals surface area contributed by atoms with Crippen LogP contribution in [0.5, 0.6) is 0 Å². The fraction of sp³-hybridized carbons (Fsp3) is 1.00. The van der Waals surface area contributed by atoms with Crippen LogP contribution in [0.1, 0.15) is 26.2 Å². The summed E-state index contributed by atoms with van der Waals surface area (Å²) < 4.78 is 11.3. The van der Waals surface area contributed by atoms with E-state index >= 15 is 0 Å². The van der Waals surface area contributed by atoms with Gasteiger partial charge in [0, 0.05) is 31.7 Å². The Bertz CT molecular complexity index is 267. The third-order valence-electron chi connectivity index (χ3n) is 4.64. The molecule has 0 aromatic heterocycles. The fourth-order valence-electron chi connectivity index (χ4n) is 3.57. The lowest BCUT2D eigenvalue weighted by Crippen LogP contribution is -2.60. The summed E-state index contributed by atoms with van der Waals surface area (Å²) in [6.07, 6.45) is 4.47. The monoisotopic (exact) mass is 254 g/mol. The number of fused-ring (bicyclic) bond motifs is 1. The Morgan fingerprint density at radius 3 is 2.94 bits per heavy atom. The first-order chi connectivity index (χ1) is 8.83. The van der Waals surface area contributed by atoms with Crippen LogP contribution in [0.2, 0.25) is 0 Å². The highest BCUT2D eigenvalue weighted by atomic mass is 16.6. The first kappa shape index (κ1) is 12.9. The van der Waals surface area contributed by atoms with Gasteiger partial charge in [0.05, 0.1) is 25.9 Å². The van der Waals surface area contributed by atoms with E-state index < -0.39 is 0 Å². The van der Waals surface area contributed by atoms with Gasteiger partial charge in [0.2, 0.25) is 0 Å². The molecule has 0 saturated carbocycles. The van der Waals surface area contributed by atoms with E-state index in [1.807, 2.05) is 0 Å². The smallest absolute Gasteiger partial charge is 0.0936 e. The molecule has 3 rings (SSSR count). The van der Waals surface area contributed by atoms with Crippen molar-refractivity contribution in [1.82, 2.24) is 9.80 Å². The Morgan fingerprint density at radius 1 is 1.17 bits per heavy atom. The van der Waals surface area contributed by atoms with Gasteiger partial charge in [-0.1, -0.05) is 6.42 Å². The van der Waals surface area contributed by atoms with E-state index in [0.717, 1.165) is 32.4 Å². The summed E-state index contributed by atoms with van der Waals surface area (Å²) in [7, 11) is 0. The molecule has 0 aromatic carbocycles. The zero-order valence-electron chi connectivity index (χ0n) is 11.5. The van der Waals surface area contributed by atoms with Gasteiger partial charge in [-0.2, -0.15) is 0 Å². The summed E-state index contributed by atoms with van der Waals surface area (Å²) in [4.78, 5) is 5.31. The molecule has 0 bridgehead atoms. The van der Waals surface area contributed by atoms with Crippen LogP contribution in [0.4, 0.5) is 0 Å². The van der Waals surface area contributed by atoms with Crippen molar-refractivity contribution in [2.75, 3.05) is 46.0 Å². The maximum Gasteiger partial charge on any atom is 0.0936 e. The highest BCUT2D eigenvalue weighted by molar-refractivity contribution is 4.90. The number of hydrogen-bond donors (Lipinski definition) is 0. The van der Waals surface area contributed by atoms with Gasteiger partial charge >= 0.3 is 0 Å². The quantitative estimate of drug-likeness (QED) is 0.733. The minimum absolute atomic E-state index is 0.288. The van der Waals surface area contributed by atoms with Crippen molar-refractivity contribution in [3.8, 4) is 0 Å². The van der Waals surface area contributed by atoms with Gasteiger partial charge < -0.3 is 9.47 Å². The van der Waals surface area contributed by atoms with Crippen molar-refractivity contribution >= 4 is 0 Å². The maximum atomic E-state index is 5.78. The number of ether oxygens (including phenoxy) is 2. The van der Waals surface area contributed by atoms with Crippen LogP contribution < -0.4 is 0 Å². The molecule has 3 saturated heterocycles. The van der Waals surface area contributed by atoms with E-state index in [-0.39, 0.29) is 6.10 Å². The van der Waals surface area contributed by atoms with Crippen LogP contribution in [0.3, 0.4) is 0 Å². The van der Waals surface area contributed by atoms with Crippen molar-refractivity contribution in [1.29, 1.82) is 0 Å². The van der Waals surface area contributed by atoms with Crippen LogP contribution in [0.25, 0.3) is 0 Å². The molecule has 3 aliphatic heterocycles. The summed E-state index contributed by atoms with van der Waals surface area (Å²) >= 11 is 0. The van der Waals surface area contributed by atoms with Crippen LogP contribution in [0.15, 0.2) is 0 Å². The highest BCUT2D eigenvalue weighted by Gasteiger charge is 2.34. The lowest BCUT2D eigenvalue weighted by atomic mass is 9.97. The largest absolute Gasteiger partial charge is 0.376 e. The predicted octanol–water partition coefficient (Wildman–Crippen LogP) is 0.960. The van der Waals surface area contributed by atoms with Crippen molar-refractivity contribution < 1.29 is 9.47 Å². The molecule has 4 heteroatoms. The lowest BCUT2D eigenvalue weighted by Gasteiger charge is -2.48. The average molecular weight is 254 g/mol. The van der Waals surface area contributed by atoms with Gasteiger partial charge in [-0.3, -0.25) is 9.80 Å². The second-order valence-corrected chi connectivity index (χ2v) is 6.02. The number of rotatable bonds is 2. The molecule has 0 aromatic rings. The SMILES string of the molecule is CC1CN2CCCCC2CN1CC1COCCO1. The van der Waals surface area contributed by atoms with E-state index in [0.29, 0.717) is 6.04 Å². The van der Waals surface area contributed by atoms with E-state index in [2.05, 4.69) is 16.7 Å². The summed E-state index contributed by atoms with van der Waals surface area (Å²) in [6.45, 7) is 9.48. The Hall–Kier alpha value is -0.160. The van der Waals surface area contributed by atoms with E-state index in [1.165, 1.54) is 38.9 Å². The molecule has 3 aliphatic rings. The fourth-order valence-corrected chi connectivity index (χ4v) is 3.57. The minimum Gasteiger partial charge on any atom is -0.376 e. The van der Waals surface area contributed by atoms with Crippen molar-refractivity contribution in [3.05, 3.63) is 0 Å². The molecular weight excluding hydrogens is 228 g/mol. The molecular formula is C14H26N2O2. The van der Waals surface area contributed by atoms with Crippen molar-refractivity contribution in [2.45, 2.75) is 44.4 Å². The first-order valence-electron chi connectivity index (χ1n) is 7.50. The number of piperazine rings is 1. The van der Waals surface area contributed by atoms with Crippen LogP contribution >= 0.6 is 0 Å². The third kappa shape index (κ3) is 2.87. The zero-order valence-corrected chi connectivity index (χ0v) is 11.5. The van der Waals surface area contributed by atoms with Gasteiger partial charge in [0.15, 0.2) is 0 Å². The minimum atomic E-state index is 0.288. The Morgan fingerprint density at radius 2 is 2.11 bits per heavy atom. The molecule has 0 amide bonds. The number of piperidine rings is 1. The molecule has 3 heterocycles. The van der Waals surface area contributed by atoms with Gasteiger partial charge in [-0.15, -0.1) is 0 Å². The standard InChI is InChI=1S/C14H26N2O2/c1-12-8-15-5-3-2-4-13(15)9-16(12)10-14-11-17-6-7-18-14/h12-14H,2-11H2,1H3. The molecule has 4 nitrogen and oxygen atoms in total. The molecule has 3 fully saturated rings. The predicted molar refractivity (Wildman–Crippen MR) is 70.8 cm³/mol. The van der Waals surface area contributed by atoms with Gasteiger partial charge in [0.25, 0.3) is 0 Å². The molecule has 3 atom stereocenters. The van der Waals surface area contributed by atoms with Crippen molar-refractivity contribution in [3.63, 3.8) is 0 Å². The molecule has 0 spiro atoms. The van der Waals surface area contributed by atoms with Gasteiger partial charge in [0.1, 0.15) is 0 Å². The third-order valence-corrected chi connectivity index (χ3v) is 4.64. The summed E-state index contributed by atoms with van der Waals surface area (Å²) in [5.74, 6) is 0. The number of nitrogens with zero attached hydrogens (tertiary/aromatic N) is 2. The topological polar surface area (TPSA) is 24.9 Å². The van der Waals surface area contributed by atoms with Crippen LogP contribution in [-0.2, 0) is 9.47 Å². The normalized spacial score (nSPS) is 39.5. The molecule has 0 aliphatic carbocycles. The average Bonchev–Trinajstić information content (AvgIpc) is 2.41. The molecule has 0 N–H and O–H groups in total. The van der Waals surface area contributed by atoms with E-state index in [9.17, 15) is 0 Å². The zero-order chi connectivity index (χ0) is 12.4. The molecule has 0 radical (unpaired) electrons. The van der Waals surface area contributed by atoms with Crippen molar-refractivity contribution in [2.24, 2.45) is 0 Å². The summed E-state index contributed by atoms with van der Waals surface area (Å²) in [5, 5.41) is 0. The van der Waals surface area contributed by atoms with Crippen LogP contribution in [-0.4, -0.2) is 74.0 Å². The lowest BCUT2D eigenvalue weighted by molar-refractivity contribution is -0.108. The van der Waals surface area contributed by atoms with Gasteiger partial charge in [-0.05, 0) is 26.3 Å². The van der Waals surface area contributed by atoms with E-state index in [1.54, 1.807) is 0 Å². The van der Waals surface area contributed by atoms with Gasteiger partial charge in [-0.25, -0.2) is 0 Å². The Labute approximate surface area is 110 Å². The maximum absolute atomic E-state index is 5.78. The Kier molecular flexibility index (Phi) is 4.19. The molecule has 104 valence electrons. The first-order valence-corrected chi connectivity index (χ1v) is 7.50. The Balaban J connectivity index is 1.54. The second kappa shape index (κ2) is 5.87. The summed E-state index contributed by atoms with van der Waals surface area (Å²) in [6, 6.07) is 1.45. The number of hydrogen-bond acceptors (Lipinski definition) is 4.